The number of carbonyl (C=O) groups excluding carboxylic acids is 1. The number of hydrogen-bond acceptors (Lipinski definition) is 6. The van der Waals surface area contributed by atoms with E-state index in [0.29, 0.717) is 38.2 Å². The fourth-order valence-corrected chi connectivity index (χ4v) is 4.05. The first-order chi connectivity index (χ1) is 15.5. The number of benzene rings is 1. The van der Waals surface area contributed by atoms with Crippen LogP contribution in [0.3, 0.4) is 0 Å². The third kappa shape index (κ3) is 4.87. The van der Waals surface area contributed by atoms with Crippen LogP contribution in [-0.2, 0) is 13.1 Å². The van der Waals surface area contributed by atoms with Crippen LogP contribution in [-0.4, -0.2) is 41.1 Å². The van der Waals surface area contributed by atoms with E-state index in [2.05, 4.69) is 10.6 Å². The van der Waals surface area contributed by atoms with Crippen LogP contribution in [0.1, 0.15) is 33.9 Å². The maximum atomic E-state index is 13.2. The number of fused-ring (bicyclic) bond motifs is 1. The number of aromatic nitrogens is 1. The summed E-state index contributed by atoms with van der Waals surface area (Å²) < 4.78 is 19.5. The van der Waals surface area contributed by atoms with E-state index in [1.54, 1.807) is 6.26 Å². The molecular weight excluding hydrogens is 406 g/mol. The Morgan fingerprint density at radius 2 is 2.03 bits per heavy atom. The van der Waals surface area contributed by atoms with Gasteiger partial charge in [0.2, 0.25) is 0 Å². The Morgan fingerprint density at radius 1 is 1.22 bits per heavy atom. The Bertz CT molecular complexity index is 1110. The molecule has 0 saturated heterocycles. The zero-order valence-electron chi connectivity index (χ0n) is 18.4. The monoisotopic (exact) mass is 433 g/mol. The van der Waals surface area contributed by atoms with Crippen molar-refractivity contribution in [3.8, 4) is 17.6 Å². The molecule has 1 aliphatic rings. The number of ether oxygens (including phenoxy) is 2. The molecule has 0 aliphatic carbocycles. The van der Waals surface area contributed by atoms with E-state index in [1.807, 2.05) is 61.2 Å². The maximum absolute atomic E-state index is 13.2. The highest BCUT2D eigenvalue weighted by Crippen LogP contribution is 2.31. The van der Waals surface area contributed by atoms with Crippen molar-refractivity contribution in [3.05, 3.63) is 71.4 Å². The van der Waals surface area contributed by atoms with Crippen molar-refractivity contribution < 1.29 is 18.7 Å². The summed E-state index contributed by atoms with van der Waals surface area (Å²) in [7, 11) is 0. The average molecular weight is 434 g/mol. The maximum Gasteiger partial charge on any atom is 0.178 e. The van der Waals surface area contributed by atoms with Crippen LogP contribution in [0, 0.1) is 25.2 Å². The summed E-state index contributed by atoms with van der Waals surface area (Å²) in [6.45, 7) is 6.25. The lowest BCUT2D eigenvalue weighted by Crippen LogP contribution is -2.34. The van der Waals surface area contributed by atoms with Crippen molar-refractivity contribution in [2.75, 3.05) is 19.7 Å². The lowest BCUT2D eigenvalue weighted by atomic mass is 10.1. The molecule has 166 valence electrons. The van der Waals surface area contributed by atoms with E-state index in [9.17, 15) is 4.79 Å². The molecule has 2 aromatic heterocycles. The van der Waals surface area contributed by atoms with E-state index in [-0.39, 0.29) is 18.4 Å². The molecule has 0 fully saturated rings. The lowest BCUT2D eigenvalue weighted by molar-refractivity contribution is 0.0777. The minimum absolute atomic E-state index is 0.0278. The second-order valence-electron chi connectivity index (χ2n) is 8.01. The molecule has 0 N–H and O–H groups in total. The Kier molecular flexibility index (Phi) is 6.62. The number of hydrogen-bond donors (Lipinski definition) is 0. The van der Waals surface area contributed by atoms with Crippen LogP contribution < -0.4 is 9.47 Å². The van der Waals surface area contributed by atoms with Crippen molar-refractivity contribution in [1.29, 1.82) is 5.26 Å². The van der Waals surface area contributed by atoms with Gasteiger partial charge in [-0.2, -0.15) is 5.26 Å². The van der Waals surface area contributed by atoms with Crippen molar-refractivity contribution in [2.45, 2.75) is 39.5 Å². The number of nitriles is 1. The van der Waals surface area contributed by atoms with Gasteiger partial charge >= 0.3 is 0 Å². The Hall–Kier alpha value is -3.50. The Morgan fingerprint density at radius 3 is 2.78 bits per heavy atom. The van der Waals surface area contributed by atoms with E-state index in [4.69, 9.17) is 19.2 Å². The van der Waals surface area contributed by atoms with Gasteiger partial charge in [-0.1, -0.05) is 12.1 Å². The molecule has 1 atom stereocenters. The number of nitrogens with zero attached hydrogens (tertiary/aromatic N) is 3. The Labute approximate surface area is 187 Å². The first kappa shape index (κ1) is 21.7. The van der Waals surface area contributed by atoms with Crippen LogP contribution >= 0.6 is 0 Å². The first-order valence-electron chi connectivity index (χ1n) is 10.7. The Balaban J connectivity index is 1.45. The first-order valence-corrected chi connectivity index (χ1v) is 10.7. The van der Waals surface area contributed by atoms with Crippen molar-refractivity contribution in [2.24, 2.45) is 0 Å². The van der Waals surface area contributed by atoms with Crippen LogP contribution in [0.4, 0.5) is 0 Å². The molecule has 0 amide bonds. The van der Waals surface area contributed by atoms with Gasteiger partial charge in [0.1, 0.15) is 12.4 Å². The summed E-state index contributed by atoms with van der Waals surface area (Å²) in [5.74, 6) is 2.30. The highest BCUT2D eigenvalue weighted by Gasteiger charge is 2.24. The van der Waals surface area contributed by atoms with Crippen LogP contribution in [0.5, 0.6) is 11.5 Å². The molecule has 0 radical (unpaired) electrons. The molecule has 3 heterocycles. The van der Waals surface area contributed by atoms with Crippen molar-refractivity contribution in [1.82, 2.24) is 9.47 Å². The van der Waals surface area contributed by atoms with Gasteiger partial charge in [0.25, 0.3) is 0 Å². The molecular formula is C25H27N3O4. The van der Waals surface area contributed by atoms with E-state index >= 15 is 0 Å². The summed E-state index contributed by atoms with van der Waals surface area (Å²) >= 11 is 0. The minimum atomic E-state index is -0.135. The summed E-state index contributed by atoms with van der Waals surface area (Å²) in [4.78, 5) is 15.1. The smallest absolute Gasteiger partial charge is 0.178 e. The molecule has 7 heteroatoms. The van der Waals surface area contributed by atoms with E-state index in [1.165, 1.54) is 0 Å². The molecule has 0 bridgehead atoms. The van der Waals surface area contributed by atoms with Gasteiger partial charge in [-0.25, -0.2) is 0 Å². The number of rotatable bonds is 9. The molecule has 32 heavy (non-hydrogen) atoms. The highest BCUT2D eigenvalue weighted by atomic mass is 16.6. The van der Waals surface area contributed by atoms with E-state index < -0.39 is 0 Å². The van der Waals surface area contributed by atoms with Crippen molar-refractivity contribution in [3.63, 3.8) is 0 Å². The van der Waals surface area contributed by atoms with Gasteiger partial charge in [0, 0.05) is 29.9 Å². The molecule has 4 rings (SSSR count). The lowest BCUT2D eigenvalue weighted by Gasteiger charge is -2.27. The van der Waals surface area contributed by atoms with Gasteiger partial charge in [0.15, 0.2) is 23.4 Å². The number of carbonyl (C=O) groups is 1. The highest BCUT2D eigenvalue weighted by molar-refractivity contribution is 5.99. The molecule has 1 aromatic carbocycles. The van der Waals surface area contributed by atoms with Gasteiger partial charge in [-0.05, 0) is 44.2 Å². The fraction of sp³-hybridized carbons (Fsp3) is 0.360. The molecule has 3 aromatic rings. The zero-order chi connectivity index (χ0) is 22.5. The predicted octanol–water partition coefficient (Wildman–Crippen LogP) is 4.14. The zero-order valence-corrected chi connectivity index (χ0v) is 18.4. The van der Waals surface area contributed by atoms with Crippen LogP contribution in [0.15, 0.2) is 53.1 Å². The van der Waals surface area contributed by atoms with Crippen LogP contribution in [0.25, 0.3) is 0 Å². The average Bonchev–Trinajstić information content (AvgIpc) is 3.40. The second-order valence-corrected chi connectivity index (χ2v) is 8.01. The summed E-state index contributed by atoms with van der Waals surface area (Å²) in [6.07, 6.45) is 1.83. The van der Waals surface area contributed by atoms with Gasteiger partial charge in [0.05, 0.1) is 32.0 Å². The van der Waals surface area contributed by atoms with E-state index in [0.717, 1.165) is 28.6 Å². The third-order valence-electron chi connectivity index (χ3n) is 5.69. The number of para-hydroxylation sites is 2. The number of aryl methyl sites for hydroxylation is 1. The number of ketones is 1. The van der Waals surface area contributed by atoms with Crippen molar-refractivity contribution >= 4 is 5.78 Å². The molecule has 0 saturated carbocycles. The molecule has 0 spiro atoms. The molecule has 1 unspecified atom stereocenters. The molecule has 1 aliphatic heterocycles. The third-order valence-corrected chi connectivity index (χ3v) is 5.69. The summed E-state index contributed by atoms with van der Waals surface area (Å²) in [5.41, 5.74) is 2.61. The SMILES string of the molecule is Cc1cc(C(=O)CN(CCC#N)Cc2ccco2)c(C)n1CC1COc2ccccc2O1. The van der Waals surface area contributed by atoms with Gasteiger partial charge in [-0.15, -0.1) is 0 Å². The number of Topliss-reactive ketones (excluding diaryl/α,β-unsaturated/α-hetero) is 1. The molecule has 7 nitrogen and oxygen atoms in total. The van der Waals surface area contributed by atoms with Crippen LogP contribution in [0.2, 0.25) is 0 Å². The largest absolute Gasteiger partial charge is 0.486 e. The summed E-state index contributed by atoms with van der Waals surface area (Å²) in [6, 6.07) is 15.4. The quantitative estimate of drug-likeness (QED) is 0.472. The van der Waals surface area contributed by atoms with Gasteiger partial charge in [-0.3, -0.25) is 9.69 Å². The number of furan rings is 1. The topological polar surface area (TPSA) is 80.6 Å². The fourth-order valence-electron chi connectivity index (χ4n) is 4.05. The van der Waals surface area contributed by atoms with Gasteiger partial charge < -0.3 is 18.5 Å². The minimum Gasteiger partial charge on any atom is -0.486 e. The predicted molar refractivity (Wildman–Crippen MR) is 119 cm³/mol. The second kappa shape index (κ2) is 9.75. The standard InChI is InChI=1S/C25H27N3O4/c1-18-13-22(23(29)16-27(11-6-10-26)14-20-7-5-12-30-20)19(2)28(18)15-21-17-31-24-8-3-4-9-25(24)32-21/h3-5,7-9,12-13,21H,6,11,14-17H2,1-2H3. The summed E-state index contributed by atoms with van der Waals surface area (Å²) in [5, 5.41) is 8.98. The normalized spacial score (nSPS) is 15.0.